The summed E-state index contributed by atoms with van der Waals surface area (Å²) in [7, 11) is 0. The van der Waals surface area contributed by atoms with Gasteiger partial charge in [0.1, 0.15) is 0 Å². The average molecular weight is 873 g/mol. The molecule has 0 unspecified atom stereocenters. The Kier molecular flexibility index (Phi) is 8.18. The van der Waals surface area contributed by atoms with E-state index in [-0.39, 0.29) is 11.6 Å². The molecule has 14 rings (SSSR count). The molecule has 6 nitrogen and oxygen atoms in total. The van der Waals surface area contributed by atoms with Crippen LogP contribution in [0.25, 0.3) is 55.6 Å². The fourth-order valence-electron chi connectivity index (χ4n) is 10.7. The molecule has 0 atom stereocenters. The number of ether oxygens (including phenoxy) is 2. The monoisotopic (exact) mass is 872 g/mol. The van der Waals surface area contributed by atoms with Crippen molar-refractivity contribution in [2.24, 2.45) is 0 Å². The van der Waals surface area contributed by atoms with Crippen LogP contribution in [-0.4, -0.2) is 11.6 Å². The van der Waals surface area contributed by atoms with Gasteiger partial charge in [-0.05, 0) is 141 Å². The van der Waals surface area contributed by atoms with E-state index in [4.69, 9.17) is 9.47 Å². The Hall–Kier alpha value is -9.26. The van der Waals surface area contributed by atoms with Crippen molar-refractivity contribution in [1.82, 2.24) is 0 Å². The lowest BCUT2D eigenvalue weighted by atomic mass is 9.87. The van der Waals surface area contributed by atoms with E-state index in [9.17, 15) is 9.59 Å². The van der Waals surface area contributed by atoms with Crippen LogP contribution in [0.1, 0.15) is 31.8 Å². The second kappa shape index (κ2) is 14.6. The van der Waals surface area contributed by atoms with E-state index in [2.05, 4.69) is 70.5 Å². The molecule has 68 heavy (non-hydrogen) atoms. The number of fused-ring (bicyclic) bond motifs is 10. The molecule has 0 saturated carbocycles. The number of hydrogen-bond donors (Lipinski definition) is 0. The van der Waals surface area contributed by atoms with Crippen LogP contribution >= 0.6 is 0 Å². The first-order chi connectivity index (χ1) is 33.6. The quantitative estimate of drug-likeness (QED) is 0.172. The van der Waals surface area contributed by atoms with Gasteiger partial charge in [0.15, 0.2) is 34.6 Å². The van der Waals surface area contributed by atoms with Crippen molar-refractivity contribution in [2.45, 2.75) is 0 Å². The standard InChI is InChI=1S/C62H36N2O4/c65-61-49-17-3-1-15-45(49)47-21-13-19-43(59(47)61)39-31-37(32-40(33-39)44-20-14-22-48-46-16-2-4-18-50(46)62(66)60(44)48)38-34-41(63-51-23-5-9-27-55(51)67-56-28-10-6-24-52(56)63)36-42(35-38)64-53-25-7-11-29-57(53)68-58-30-12-8-26-54(58)64/h1-36H. The zero-order chi connectivity index (χ0) is 45.0. The lowest BCUT2D eigenvalue weighted by Gasteiger charge is -2.36. The molecular weight excluding hydrogens is 837 g/mol. The molecule has 4 aliphatic rings. The third-order valence-electron chi connectivity index (χ3n) is 13.7. The summed E-state index contributed by atoms with van der Waals surface area (Å²) in [6.45, 7) is 0. The minimum Gasteiger partial charge on any atom is -0.453 e. The predicted molar refractivity (Wildman–Crippen MR) is 270 cm³/mol. The average Bonchev–Trinajstić information content (AvgIpc) is 3.86. The highest BCUT2D eigenvalue weighted by atomic mass is 16.5. The highest BCUT2D eigenvalue weighted by Gasteiger charge is 2.33. The minimum absolute atomic E-state index is 0.00274. The maximum Gasteiger partial charge on any atom is 0.194 e. The summed E-state index contributed by atoms with van der Waals surface area (Å²) in [5, 5.41) is 0. The van der Waals surface area contributed by atoms with Gasteiger partial charge in [0.05, 0.1) is 22.7 Å². The van der Waals surface area contributed by atoms with E-state index in [1.165, 1.54) is 0 Å². The number of para-hydroxylation sites is 8. The zero-order valence-corrected chi connectivity index (χ0v) is 36.3. The second-order valence-electron chi connectivity index (χ2n) is 17.5. The fourth-order valence-corrected chi connectivity index (χ4v) is 10.7. The summed E-state index contributed by atoms with van der Waals surface area (Å²) in [5.74, 6) is 2.99. The van der Waals surface area contributed by atoms with E-state index in [0.717, 1.165) is 113 Å². The number of hydrogen-bond acceptors (Lipinski definition) is 6. The van der Waals surface area contributed by atoms with Gasteiger partial charge in [-0.15, -0.1) is 0 Å². The van der Waals surface area contributed by atoms with Gasteiger partial charge in [0.25, 0.3) is 0 Å². The summed E-state index contributed by atoms with van der Waals surface area (Å²) in [4.78, 5) is 33.5. The van der Waals surface area contributed by atoms with Crippen molar-refractivity contribution in [3.05, 3.63) is 241 Å². The second-order valence-corrected chi connectivity index (χ2v) is 17.5. The number of carbonyl (C=O) groups is 2. The SMILES string of the molecule is O=C1c2ccccc2-c2cccc(-c3cc(-c4cc(N5c6ccccc6Oc6ccccc65)cc(N5c6ccccc6Oc6ccccc65)c4)cc(-c4cccc5c4C(=O)c4ccccc4-5)c3)c21. The Bertz CT molecular complexity index is 3500. The Morgan fingerprint density at radius 1 is 0.265 bits per heavy atom. The van der Waals surface area contributed by atoms with Crippen LogP contribution in [0.15, 0.2) is 218 Å². The number of nitrogens with zero attached hydrogens (tertiary/aromatic N) is 2. The van der Waals surface area contributed by atoms with Crippen molar-refractivity contribution >= 4 is 45.7 Å². The topological polar surface area (TPSA) is 59.1 Å². The van der Waals surface area contributed by atoms with Crippen molar-refractivity contribution in [2.75, 3.05) is 9.80 Å². The number of anilines is 6. The van der Waals surface area contributed by atoms with E-state index in [0.29, 0.717) is 22.3 Å². The van der Waals surface area contributed by atoms with Crippen molar-refractivity contribution in [3.8, 4) is 78.6 Å². The molecule has 0 N–H and O–H groups in total. The molecule has 0 saturated heterocycles. The number of ketones is 2. The van der Waals surface area contributed by atoms with Gasteiger partial charge in [-0.3, -0.25) is 9.59 Å². The molecule has 318 valence electrons. The molecule has 0 bridgehead atoms. The molecule has 0 amide bonds. The maximum absolute atomic E-state index is 14.5. The summed E-state index contributed by atoms with van der Waals surface area (Å²) in [6, 6.07) is 73.7. The number of carbonyl (C=O) groups excluding carboxylic acids is 2. The van der Waals surface area contributed by atoms with Crippen molar-refractivity contribution in [3.63, 3.8) is 0 Å². The van der Waals surface area contributed by atoms with E-state index >= 15 is 0 Å². The van der Waals surface area contributed by atoms with Gasteiger partial charge in [0, 0.05) is 33.6 Å². The maximum atomic E-state index is 14.5. The number of rotatable bonds is 5. The van der Waals surface area contributed by atoms with E-state index in [1.807, 2.05) is 158 Å². The Morgan fingerprint density at radius 2 is 0.574 bits per heavy atom. The van der Waals surface area contributed by atoms with Gasteiger partial charge in [-0.2, -0.15) is 0 Å². The van der Waals surface area contributed by atoms with Crippen LogP contribution in [-0.2, 0) is 0 Å². The third-order valence-corrected chi connectivity index (χ3v) is 13.7. The molecule has 0 spiro atoms. The molecule has 6 heteroatoms. The van der Waals surface area contributed by atoms with Gasteiger partial charge < -0.3 is 19.3 Å². The first-order valence-corrected chi connectivity index (χ1v) is 22.7. The molecule has 10 aromatic carbocycles. The predicted octanol–water partition coefficient (Wildman–Crippen LogP) is 16.3. The van der Waals surface area contributed by atoms with Gasteiger partial charge in [-0.1, -0.05) is 133 Å². The van der Waals surface area contributed by atoms with Gasteiger partial charge in [0.2, 0.25) is 0 Å². The van der Waals surface area contributed by atoms with Crippen LogP contribution in [0.4, 0.5) is 34.1 Å². The Morgan fingerprint density at radius 3 is 0.985 bits per heavy atom. The zero-order valence-electron chi connectivity index (χ0n) is 36.3. The summed E-state index contributed by atoms with van der Waals surface area (Å²) in [5.41, 5.74) is 17.1. The summed E-state index contributed by atoms with van der Waals surface area (Å²) in [6.07, 6.45) is 0. The van der Waals surface area contributed by atoms with Crippen LogP contribution in [0.2, 0.25) is 0 Å². The number of benzene rings is 10. The molecule has 10 aromatic rings. The molecule has 0 aromatic heterocycles. The first-order valence-electron chi connectivity index (χ1n) is 22.7. The Balaban J connectivity index is 1.05. The molecule has 0 radical (unpaired) electrons. The largest absolute Gasteiger partial charge is 0.453 e. The fraction of sp³-hybridized carbons (Fsp3) is 0. The molecule has 2 aliphatic heterocycles. The lowest BCUT2D eigenvalue weighted by molar-refractivity contribution is 0.103. The normalized spacial score (nSPS) is 13.2. The van der Waals surface area contributed by atoms with Crippen LogP contribution < -0.4 is 19.3 Å². The minimum atomic E-state index is 0.00274. The van der Waals surface area contributed by atoms with Gasteiger partial charge in [-0.25, -0.2) is 0 Å². The van der Waals surface area contributed by atoms with Crippen LogP contribution in [0, 0.1) is 0 Å². The third kappa shape index (κ3) is 5.64. The summed E-state index contributed by atoms with van der Waals surface area (Å²) < 4.78 is 13.1. The molecular formula is C62H36N2O4. The smallest absolute Gasteiger partial charge is 0.194 e. The van der Waals surface area contributed by atoms with Crippen LogP contribution in [0.3, 0.4) is 0 Å². The molecule has 2 aliphatic carbocycles. The molecule has 0 fully saturated rings. The lowest BCUT2D eigenvalue weighted by Crippen LogP contribution is -2.18. The van der Waals surface area contributed by atoms with Crippen LogP contribution in [0.5, 0.6) is 23.0 Å². The first kappa shape index (κ1) is 38.1. The van der Waals surface area contributed by atoms with Crippen molar-refractivity contribution in [1.29, 1.82) is 0 Å². The highest BCUT2D eigenvalue weighted by Crippen LogP contribution is 2.55. The molecule has 2 heterocycles. The Labute approximate surface area is 392 Å². The highest BCUT2D eigenvalue weighted by molar-refractivity contribution is 6.26. The van der Waals surface area contributed by atoms with Gasteiger partial charge >= 0.3 is 0 Å². The van der Waals surface area contributed by atoms with Crippen molar-refractivity contribution < 1.29 is 19.1 Å². The van der Waals surface area contributed by atoms with E-state index in [1.54, 1.807) is 0 Å². The summed E-state index contributed by atoms with van der Waals surface area (Å²) >= 11 is 0. The van der Waals surface area contributed by atoms with E-state index < -0.39 is 0 Å².